The fourth-order valence-electron chi connectivity index (χ4n) is 2.56. The van der Waals surface area contributed by atoms with Crippen molar-refractivity contribution >= 4 is 23.6 Å². The number of H-pyrrole nitrogens is 1. The number of rotatable bonds is 2. The van der Waals surface area contributed by atoms with Gasteiger partial charge in [-0.3, -0.25) is 14.7 Å². The number of anilines is 1. The molecule has 98 valence electrons. The first kappa shape index (κ1) is 11.6. The van der Waals surface area contributed by atoms with Gasteiger partial charge in [-0.25, -0.2) is 9.69 Å². The van der Waals surface area contributed by atoms with E-state index < -0.39 is 5.97 Å². The highest BCUT2D eigenvalue weighted by molar-refractivity contribution is 6.21. The van der Waals surface area contributed by atoms with Crippen molar-refractivity contribution in [3.63, 3.8) is 0 Å². The van der Waals surface area contributed by atoms with E-state index in [-0.39, 0.29) is 35.2 Å². The van der Waals surface area contributed by atoms with Crippen LogP contribution in [0, 0.1) is 11.8 Å². The molecule has 1 aliphatic heterocycles. The summed E-state index contributed by atoms with van der Waals surface area (Å²) in [5.41, 5.74) is -0.149. The minimum absolute atomic E-state index is 0.0572. The minimum atomic E-state index is -1.18. The van der Waals surface area contributed by atoms with Crippen LogP contribution in [0.5, 0.6) is 0 Å². The number of aromatic carboxylic acids is 1. The summed E-state index contributed by atoms with van der Waals surface area (Å²) in [5, 5.41) is 14.8. The average molecular weight is 261 g/mol. The van der Waals surface area contributed by atoms with Gasteiger partial charge in [0.05, 0.1) is 11.8 Å². The number of carbonyl (C=O) groups is 3. The summed E-state index contributed by atoms with van der Waals surface area (Å²) < 4.78 is 0. The molecule has 2 heterocycles. The number of hydrogen-bond donors (Lipinski definition) is 2. The second-order valence-electron chi connectivity index (χ2n) is 4.61. The number of nitrogens with one attached hydrogen (secondary N) is 1. The summed E-state index contributed by atoms with van der Waals surface area (Å²) in [7, 11) is 0. The summed E-state index contributed by atoms with van der Waals surface area (Å²) in [6.07, 6.45) is 4.87. The van der Waals surface area contributed by atoms with E-state index in [1.165, 1.54) is 6.07 Å². The molecule has 1 aromatic heterocycles. The molecule has 0 spiro atoms. The van der Waals surface area contributed by atoms with Crippen LogP contribution in [-0.4, -0.2) is 33.1 Å². The Balaban J connectivity index is 1.94. The third-order valence-electron chi connectivity index (χ3n) is 3.53. The summed E-state index contributed by atoms with van der Waals surface area (Å²) in [6.45, 7) is 0. The number of carboxylic acid groups (broad SMARTS) is 1. The topological polar surface area (TPSA) is 103 Å². The smallest absolute Gasteiger partial charge is 0.353 e. The first-order valence-corrected chi connectivity index (χ1v) is 5.91. The van der Waals surface area contributed by atoms with Crippen LogP contribution in [0.25, 0.3) is 0 Å². The van der Waals surface area contributed by atoms with E-state index in [1.807, 2.05) is 12.2 Å². The lowest BCUT2D eigenvalue weighted by atomic mass is 9.85. The number of carboxylic acids is 1. The molecule has 1 fully saturated rings. The molecule has 0 bridgehead atoms. The molecule has 2 atom stereocenters. The summed E-state index contributed by atoms with van der Waals surface area (Å²) >= 11 is 0. The Morgan fingerprint density at radius 2 is 1.84 bits per heavy atom. The second kappa shape index (κ2) is 4.04. The van der Waals surface area contributed by atoms with E-state index in [4.69, 9.17) is 5.11 Å². The van der Waals surface area contributed by atoms with E-state index in [0.717, 1.165) is 4.90 Å². The third kappa shape index (κ3) is 1.66. The van der Waals surface area contributed by atoms with Gasteiger partial charge in [0, 0.05) is 6.07 Å². The molecule has 2 unspecified atom stereocenters. The zero-order valence-corrected chi connectivity index (χ0v) is 9.87. The van der Waals surface area contributed by atoms with E-state index in [2.05, 4.69) is 10.2 Å². The third-order valence-corrected chi connectivity index (χ3v) is 3.53. The maximum Gasteiger partial charge on any atom is 0.353 e. The Hall–Kier alpha value is -2.44. The Labute approximate surface area is 107 Å². The quantitative estimate of drug-likeness (QED) is 0.598. The van der Waals surface area contributed by atoms with Gasteiger partial charge >= 0.3 is 5.97 Å². The number of fused-ring (bicyclic) bond motifs is 1. The first-order valence-electron chi connectivity index (χ1n) is 5.91. The van der Waals surface area contributed by atoms with Crippen molar-refractivity contribution in [1.29, 1.82) is 0 Å². The number of aromatic amines is 1. The van der Waals surface area contributed by atoms with Gasteiger partial charge in [-0.15, -0.1) is 0 Å². The second-order valence-corrected chi connectivity index (χ2v) is 4.61. The Kier molecular flexibility index (Phi) is 2.48. The number of aromatic nitrogens is 2. The van der Waals surface area contributed by atoms with Crippen LogP contribution in [0.2, 0.25) is 0 Å². The molecule has 7 heteroatoms. The highest BCUT2D eigenvalue weighted by Crippen LogP contribution is 2.37. The fourth-order valence-corrected chi connectivity index (χ4v) is 2.56. The molecule has 19 heavy (non-hydrogen) atoms. The van der Waals surface area contributed by atoms with Crippen molar-refractivity contribution in [3.05, 3.63) is 23.9 Å². The molecule has 1 saturated heterocycles. The number of allylic oxidation sites excluding steroid dienone is 2. The molecule has 0 aromatic carbocycles. The highest BCUT2D eigenvalue weighted by atomic mass is 16.4. The largest absolute Gasteiger partial charge is 0.477 e. The molecule has 1 aromatic rings. The van der Waals surface area contributed by atoms with Gasteiger partial charge in [-0.2, -0.15) is 5.10 Å². The van der Waals surface area contributed by atoms with Crippen molar-refractivity contribution in [2.75, 3.05) is 4.90 Å². The molecular weight excluding hydrogens is 250 g/mol. The molecule has 3 rings (SSSR count). The predicted molar refractivity (Wildman–Crippen MR) is 63.4 cm³/mol. The summed E-state index contributed by atoms with van der Waals surface area (Å²) in [6, 6.07) is 1.20. The zero-order chi connectivity index (χ0) is 13.6. The maximum atomic E-state index is 12.2. The van der Waals surface area contributed by atoms with Crippen molar-refractivity contribution < 1.29 is 19.5 Å². The van der Waals surface area contributed by atoms with Gasteiger partial charge in [-0.05, 0) is 12.8 Å². The predicted octanol–water partition coefficient (Wildman–Crippen LogP) is 0.564. The lowest BCUT2D eigenvalue weighted by Crippen LogP contribution is -2.31. The van der Waals surface area contributed by atoms with Crippen molar-refractivity contribution in [2.24, 2.45) is 11.8 Å². The van der Waals surface area contributed by atoms with E-state index in [1.54, 1.807) is 0 Å². The van der Waals surface area contributed by atoms with Gasteiger partial charge in [0.1, 0.15) is 5.69 Å². The van der Waals surface area contributed by atoms with Crippen LogP contribution in [-0.2, 0) is 9.59 Å². The van der Waals surface area contributed by atoms with Crippen LogP contribution >= 0.6 is 0 Å². The van der Waals surface area contributed by atoms with Gasteiger partial charge in [0.25, 0.3) is 0 Å². The molecule has 2 N–H and O–H groups in total. The van der Waals surface area contributed by atoms with Crippen molar-refractivity contribution in [3.8, 4) is 0 Å². The number of amides is 2. The van der Waals surface area contributed by atoms with Crippen LogP contribution in [0.1, 0.15) is 23.3 Å². The zero-order valence-electron chi connectivity index (χ0n) is 9.87. The fraction of sp³-hybridized carbons (Fsp3) is 0.333. The molecular formula is C12H11N3O4. The SMILES string of the molecule is O=C(O)c1cc(N2C(=O)C3CC=CCC3C2=O)n[nH]1. The average Bonchev–Trinajstić information content (AvgIpc) is 2.96. The highest BCUT2D eigenvalue weighted by Gasteiger charge is 2.48. The van der Waals surface area contributed by atoms with E-state index in [0.29, 0.717) is 12.8 Å². The number of imide groups is 1. The van der Waals surface area contributed by atoms with Gasteiger partial charge in [0.2, 0.25) is 11.8 Å². The lowest BCUT2D eigenvalue weighted by Gasteiger charge is -2.14. The van der Waals surface area contributed by atoms with E-state index >= 15 is 0 Å². The van der Waals surface area contributed by atoms with Crippen LogP contribution in [0.4, 0.5) is 5.82 Å². The normalized spacial score (nSPS) is 25.8. The number of carbonyl (C=O) groups excluding carboxylic acids is 2. The van der Waals surface area contributed by atoms with E-state index in [9.17, 15) is 14.4 Å². The minimum Gasteiger partial charge on any atom is -0.477 e. The monoisotopic (exact) mass is 261 g/mol. The van der Waals surface area contributed by atoms with Crippen LogP contribution in [0.3, 0.4) is 0 Å². The Morgan fingerprint density at radius 1 is 1.26 bits per heavy atom. The molecule has 2 aliphatic rings. The maximum absolute atomic E-state index is 12.2. The Morgan fingerprint density at radius 3 is 2.32 bits per heavy atom. The summed E-state index contributed by atoms with van der Waals surface area (Å²) in [4.78, 5) is 36.2. The molecule has 2 amide bonds. The summed E-state index contributed by atoms with van der Waals surface area (Å²) in [5.74, 6) is -2.42. The molecule has 7 nitrogen and oxygen atoms in total. The molecule has 0 radical (unpaired) electrons. The van der Waals surface area contributed by atoms with Crippen molar-refractivity contribution in [2.45, 2.75) is 12.8 Å². The number of hydrogen-bond acceptors (Lipinski definition) is 4. The van der Waals surface area contributed by atoms with Crippen LogP contribution < -0.4 is 4.90 Å². The van der Waals surface area contributed by atoms with Gasteiger partial charge in [-0.1, -0.05) is 12.2 Å². The number of nitrogens with zero attached hydrogens (tertiary/aromatic N) is 2. The van der Waals surface area contributed by atoms with Crippen molar-refractivity contribution in [1.82, 2.24) is 10.2 Å². The Bertz CT molecular complexity index is 578. The first-order chi connectivity index (χ1) is 9.09. The standard InChI is InChI=1S/C12H11N3O4/c16-10-6-3-1-2-4-7(6)11(17)15(10)9-5-8(12(18)19)13-14-9/h1-2,5-7H,3-4H2,(H,13,14)(H,18,19). The molecule has 0 saturated carbocycles. The molecule has 1 aliphatic carbocycles. The van der Waals surface area contributed by atoms with Crippen LogP contribution in [0.15, 0.2) is 18.2 Å². The van der Waals surface area contributed by atoms with Gasteiger partial charge < -0.3 is 5.11 Å². The van der Waals surface area contributed by atoms with Gasteiger partial charge in [0.15, 0.2) is 5.82 Å². The lowest BCUT2D eigenvalue weighted by molar-refractivity contribution is -0.122.